The van der Waals surface area contributed by atoms with E-state index in [1.807, 2.05) is 0 Å². The van der Waals surface area contributed by atoms with E-state index in [2.05, 4.69) is 15.4 Å². The minimum Gasteiger partial charge on any atom is -0.387 e. The fourth-order valence-electron chi connectivity index (χ4n) is 2.26. The van der Waals surface area contributed by atoms with E-state index < -0.39 is 23.6 Å². The lowest BCUT2D eigenvalue weighted by molar-refractivity contribution is 0.0916. The average molecular weight is 344 g/mol. The first kappa shape index (κ1) is 16.7. The van der Waals surface area contributed by atoms with Crippen molar-refractivity contribution in [3.8, 4) is 5.69 Å². The van der Waals surface area contributed by atoms with Crippen LogP contribution in [-0.4, -0.2) is 32.3 Å². The topological polar surface area (TPSA) is 80.0 Å². The van der Waals surface area contributed by atoms with Crippen LogP contribution in [0.25, 0.3) is 5.69 Å². The van der Waals surface area contributed by atoms with Crippen LogP contribution in [-0.2, 0) is 0 Å². The van der Waals surface area contributed by atoms with Crippen LogP contribution in [0.5, 0.6) is 0 Å². The Hall–Kier alpha value is -3.13. The highest BCUT2D eigenvalue weighted by molar-refractivity contribution is 5.94. The smallest absolute Gasteiger partial charge is 0.251 e. The zero-order valence-corrected chi connectivity index (χ0v) is 12.9. The van der Waals surface area contributed by atoms with Crippen molar-refractivity contribution in [2.45, 2.75) is 6.10 Å². The summed E-state index contributed by atoms with van der Waals surface area (Å²) in [6.45, 7) is -0.0864. The maximum atomic E-state index is 14.1. The van der Waals surface area contributed by atoms with Crippen LogP contribution in [0, 0.1) is 11.6 Å². The highest BCUT2D eigenvalue weighted by Crippen LogP contribution is 2.15. The molecule has 0 saturated heterocycles. The summed E-state index contributed by atoms with van der Waals surface area (Å²) in [5.74, 6) is -1.58. The SMILES string of the molecule is O=C(NCC(O)c1ccc(F)cc1)c1ccc(-n2cncn2)c(F)c1. The second-order valence-corrected chi connectivity index (χ2v) is 5.28. The summed E-state index contributed by atoms with van der Waals surface area (Å²) in [6.07, 6.45) is 1.62. The van der Waals surface area contributed by atoms with E-state index in [1.165, 1.54) is 53.7 Å². The molecule has 1 aromatic heterocycles. The van der Waals surface area contributed by atoms with Crippen LogP contribution in [0.3, 0.4) is 0 Å². The first-order valence-electron chi connectivity index (χ1n) is 7.41. The van der Waals surface area contributed by atoms with E-state index in [0.29, 0.717) is 5.56 Å². The fourth-order valence-corrected chi connectivity index (χ4v) is 2.26. The molecule has 25 heavy (non-hydrogen) atoms. The molecule has 3 rings (SSSR count). The number of carbonyl (C=O) groups is 1. The molecule has 2 aromatic carbocycles. The number of aromatic nitrogens is 3. The predicted octanol–water partition coefficient (Wildman–Crippen LogP) is 2.01. The van der Waals surface area contributed by atoms with Crippen LogP contribution < -0.4 is 5.32 Å². The van der Waals surface area contributed by atoms with Gasteiger partial charge in [-0.25, -0.2) is 18.4 Å². The van der Waals surface area contributed by atoms with Crippen LogP contribution in [0.15, 0.2) is 55.1 Å². The minimum absolute atomic E-state index is 0.0864. The van der Waals surface area contributed by atoms with Crippen LogP contribution in [0.4, 0.5) is 8.78 Å². The second kappa shape index (κ2) is 7.18. The summed E-state index contributed by atoms with van der Waals surface area (Å²) in [5, 5.41) is 16.3. The molecular weight excluding hydrogens is 330 g/mol. The molecule has 0 aliphatic carbocycles. The Labute approximate surface area is 141 Å². The number of nitrogens with one attached hydrogen (secondary N) is 1. The molecule has 0 bridgehead atoms. The second-order valence-electron chi connectivity index (χ2n) is 5.28. The van der Waals surface area contributed by atoms with Gasteiger partial charge in [-0.1, -0.05) is 12.1 Å². The first-order valence-corrected chi connectivity index (χ1v) is 7.41. The van der Waals surface area contributed by atoms with Gasteiger partial charge >= 0.3 is 0 Å². The lowest BCUT2D eigenvalue weighted by Crippen LogP contribution is -2.28. The van der Waals surface area contributed by atoms with Gasteiger partial charge in [0, 0.05) is 12.1 Å². The quantitative estimate of drug-likeness (QED) is 0.742. The number of aliphatic hydroxyl groups is 1. The maximum absolute atomic E-state index is 14.1. The highest BCUT2D eigenvalue weighted by Gasteiger charge is 2.14. The van der Waals surface area contributed by atoms with Gasteiger partial charge < -0.3 is 10.4 Å². The Morgan fingerprint density at radius 1 is 1.20 bits per heavy atom. The van der Waals surface area contributed by atoms with Gasteiger partial charge in [-0.15, -0.1) is 0 Å². The van der Waals surface area contributed by atoms with Crippen molar-refractivity contribution in [1.29, 1.82) is 0 Å². The Kier molecular flexibility index (Phi) is 4.80. The number of carbonyl (C=O) groups excluding carboxylic acids is 1. The monoisotopic (exact) mass is 344 g/mol. The van der Waals surface area contributed by atoms with Gasteiger partial charge in [-0.05, 0) is 35.9 Å². The standard InChI is InChI=1S/C17H14F2N4O2/c18-13-4-1-11(2-5-13)16(24)8-21-17(25)12-3-6-15(14(19)7-12)23-10-20-9-22-23/h1-7,9-10,16,24H,8H2,(H,21,25). The Balaban J connectivity index is 1.65. The summed E-state index contributed by atoms with van der Waals surface area (Å²) < 4.78 is 28.2. The van der Waals surface area contributed by atoms with Gasteiger partial charge in [0.05, 0.1) is 6.10 Å². The van der Waals surface area contributed by atoms with Crippen molar-refractivity contribution in [2.24, 2.45) is 0 Å². The van der Waals surface area contributed by atoms with Gasteiger partial charge in [0.2, 0.25) is 0 Å². The predicted molar refractivity (Wildman–Crippen MR) is 85.0 cm³/mol. The molecule has 0 radical (unpaired) electrons. The number of nitrogens with zero attached hydrogens (tertiary/aromatic N) is 3. The van der Waals surface area contributed by atoms with Gasteiger partial charge in [-0.2, -0.15) is 5.10 Å². The molecule has 0 aliphatic rings. The summed E-state index contributed by atoms with van der Waals surface area (Å²) in [4.78, 5) is 15.8. The molecule has 1 amide bonds. The number of aliphatic hydroxyl groups excluding tert-OH is 1. The Morgan fingerprint density at radius 3 is 2.60 bits per heavy atom. The molecule has 1 unspecified atom stereocenters. The molecule has 6 nitrogen and oxygen atoms in total. The van der Waals surface area contributed by atoms with Crippen molar-refractivity contribution in [3.05, 3.63) is 77.9 Å². The lowest BCUT2D eigenvalue weighted by atomic mass is 10.1. The molecule has 1 atom stereocenters. The number of hydrogen-bond acceptors (Lipinski definition) is 4. The molecule has 0 fully saturated rings. The van der Waals surface area contributed by atoms with Crippen molar-refractivity contribution in [3.63, 3.8) is 0 Å². The molecule has 2 N–H and O–H groups in total. The van der Waals surface area contributed by atoms with E-state index in [4.69, 9.17) is 0 Å². The molecule has 1 heterocycles. The summed E-state index contributed by atoms with van der Waals surface area (Å²) >= 11 is 0. The molecule has 0 saturated carbocycles. The largest absolute Gasteiger partial charge is 0.387 e. The molecular formula is C17H14F2N4O2. The minimum atomic E-state index is -0.996. The van der Waals surface area contributed by atoms with Crippen LogP contribution >= 0.6 is 0 Å². The lowest BCUT2D eigenvalue weighted by Gasteiger charge is -2.12. The van der Waals surface area contributed by atoms with E-state index in [1.54, 1.807) is 0 Å². The maximum Gasteiger partial charge on any atom is 0.251 e. The third-order valence-corrected chi connectivity index (χ3v) is 3.59. The normalized spacial score (nSPS) is 12.0. The third kappa shape index (κ3) is 3.86. The highest BCUT2D eigenvalue weighted by atomic mass is 19.1. The summed E-state index contributed by atoms with van der Waals surface area (Å²) in [7, 11) is 0. The van der Waals surface area contributed by atoms with Crippen molar-refractivity contribution >= 4 is 5.91 Å². The Morgan fingerprint density at radius 2 is 1.96 bits per heavy atom. The first-order chi connectivity index (χ1) is 12.0. The number of hydrogen-bond donors (Lipinski definition) is 2. The van der Waals surface area contributed by atoms with E-state index in [0.717, 1.165) is 6.07 Å². The van der Waals surface area contributed by atoms with Crippen LogP contribution in [0.1, 0.15) is 22.0 Å². The fraction of sp³-hybridized carbons (Fsp3) is 0.118. The van der Waals surface area contributed by atoms with Crippen molar-refractivity contribution < 1.29 is 18.7 Å². The van der Waals surface area contributed by atoms with E-state index in [9.17, 15) is 18.7 Å². The van der Waals surface area contributed by atoms with E-state index >= 15 is 0 Å². The third-order valence-electron chi connectivity index (χ3n) is 3.59. The van der Waals surface area contributed by atoms with E-state index in [-0.39, 0.29) is 17.8 Å². The molecule has 0 aliphatic heterocycles. The average Bonchev–Trinajstić information content (AvgIpc) is 3.14. The molecule has 8 heteroatoms. The molecule has 0 spiro atoms. The van der Waals surface area contributed by atoms with Crippen LogP contribution in [0.2, 0.25) is 0 Å². The zero-order chi connectivity index (χ0) is 17.8. The van der Waals surface area contributed by atoms with Gasteiger partial charge in [0.1, 0.15) is 30.0 Å². The van der Waals surface area contributed by atoms with Gasteiger partial charge in [0.25, 0.3) is 5.91 Å². The van der Waals surface area contributed by atoms with Gasteiger partial charge in [0.15, 0.2) is 0 Å². The molecule has 3 aromatic rings. The molecule has 128 valence electrons. The zero-order valence-electron chi connectivity index (χ0n) is 12.9. The number of amides is 1. The van der Waals surface area contributed by atoms with Gasteiger partial charge in [-0.3, -0.25) is 4.79 Å². The summed E-state index contributed by atoms with van der Waals surface area (Å²) in [6, 6.07) is 9.24. The summed E-state index contributed by atoms with van der Waals surface area (Å²) in [5.41, 5.74) is 0.738. The number of benzene rings is 2. The number of halogens is 2. The van der Waals surface area contributed by atoms with Crippen molar-refractivity contribution in [1.82, 2.24) is 20.1 Å². The van der Waals surface area contributed by atoms with Crippen molar-refractivity contribution in [2.75, 3.05) is 6.54 Å². The Bertz CT molecular complexity index is 867. The number of rotatable bonds is 5.